The van der Waals surface area contributed by atoms with Crippen molar-refractivity contribution in [1.29, 1.82) is 0 Å². The fourth-order valence-electron chi connectivity index (χ4n) is 0.437. The molecule has 0 aliphatic rings. The normalized spacial score (nSPS) is 14.1. The summed E-state index contributed by atoms with van der Waals surface area (Å²) in [5.74, 6) is 0. The third-order valence-electron chi connectivity index (χ3n) is 0.940. The van der Waals surface area contributed by atoms with Crippen LogP contribution >= 0.6 is 0 Å². The van der Waals surface area contributed by atoms with Crippen molar-refractivity contribution in [1.82, 2.24) is 0 Å². The Morgan fingerprint density at radius 2 is 1.80 bits per heavy atom. The maximum atomic E-state index is 11.4. The zero-order valence-corrected chi connectivity index (χ0v) is 5.07. The summed E-state index contributed by atoms with van der Waals surface area (Å²) in [6.45, 7) is 1.59. The summed E-state index contributed by atoms with van der Waals surface area (Å²) >= 11 is 0. The molecule has 0 aromatic heterocycles. The highest BCUT2D eigenvalue weighted by molar-refractivity contribution is 5.75. The van der Waals surface area contributed by atoms with Crippen molar-refractivity contribution in [3.8, 4) is 0 Å². The SMILES string of the molecule is CCCC(O)C(F)(F)F.[AlH3]. The van der Waals surface area contributed by atoms with E-state index in [1.165, 1.54) is 0 Å². The predicted molar refractivity (Wildman–Crippen MR) is 36.9 cm³/mol. The van der Waals surface area contributed by atoms with Gasteiger partial charge in [0.25, 0.3) is 0 Å². The number of alkyl halides is 3. The largest absolute Gasteiger partial charge is 0.414 e. The second-order valence-corrected chi connectivity index (χ2v) is 1.85. The van der Waals surface area contributed by atoms with Crippen LogP contribution in [0.5, 0.6) is 0 Å². The molecular formula is C5H12AlF3O. The third kappa shape index (κ3) is 5.10. The molecule has 0 rings (SSSR count). The Morgan fingerprint density at radius 1 is 1.40 bits per heavy atom. The van der Waals surface area contributed by atoms with Crippen molar-refractivity contribution in [2.45, 2.75) is 32.0 Å². The summed E-state index contributed by atoms with van der Waals surface area (Å²) in [5.41, 5.74) is 0. The molecule has 62 valence electrons. The van der Waals surface area contributed by atoms with Gasteiger partial charge in [-0.25, -0.2) is 0 Å². The van der Waals surface area contributed by atoms with Gasteiger partial charge in [-0.1, -0.05) is 13.3 Å². The Morgan fingerprint density at radius 3 is 1.90 bits per heavy atom. The molecule has 0 amide bonds. The first-order chi connectivity index (χ1) is 3.98. The molecule has 0 radical (unpaired) electrons. The summed E-state index contributed by atoms with van der Waals surface area (Å²) in [6.07, 6.45) is -6.43. The highest BCUT2D eigenvalue weighted by Gasteiger charge is 2.36. The van der Waals surface area contributed by atoms with Crippen LogP contribution in [0.15, 0.2) is 0 Å². The lowest BCUT2D eigenvalue weighted by Crippen LogP contribution is -2.27. The Hall–Kier alpha value is 0.282. The van der Waals surface area contributed by atoms with Crippen molar-refractivity contribution in [2.75, 3.05) is 0 Å². The number of rotatable bonds is 2. The molecule has 0 fully saturated rings. The van der Waals surface area contributed by atoms with Gasteiger partial charge in [0.05, 0.1) is 0 Å². The summed E-state index contributed by atoms with van der Waals surface area (Å²) < 4.78 is 34.2. The molecule has 0 aromatic carbocycles. The Bertz CT molecular complexity index is 83.5. The maximum absolute atomic E-state index is 11.4. The average molecular weight is 172 g/mol. The van der Waals surface area contributed by atoms with E-state index in [-0.39, 0.29) is 23.8 Å². The molecule has 0 saturated heterocycles. The van der Waals surface area contributed by atoms with Gasteiger partial charge in [0.1, 0.15) is 6.10 Å². The van der Waals surface area contributed by atoms with Crippen LogP contribution in [-0.2, 0) is 0 Å². The smallest absolute Gasteiger partial charge is 0.384 e. The zero-order chi connectivity index (χ0) is 7.49. The van der Waals surface area contributed by atoms with Crippen molar-refractivity contribution in [2.24, 2.45) is 0 Å². The second kappa shape index (κ2) is 5.00. The molecule has 1 N–H and O–H groups in total. The molecule has 0 aromatic rings. The van der Waals surface area contributed by atoms with Crippen LogP contribution in [0.1, 0.15) is 19.8 Å². The predicted octanol–water partition coefficient (Wildman–Crippen LogP) is 0.526. The van der Waals surface area contributed by atoms with Crippen molar-refractivity contribution in [3.05, 3.63) is 0 Å². The number of halogens is 3. The van der Waals surface area contributed by atoms with Gasteiger partial charge in [0.2, 0.25) is 0 Å². The zero-order valence-electron chi connectivity index (χ0n) is 5.07. The monoisotopic (exact) mass is 172 g/mol. The van der Waals surface area contributed by atoms with Gasteiger partial charge < -0.3 is 5.11 Å². The van der Waals surface area contributed by atoms with Gasteiger partial charge in [0, 0.05) is 0 Å². The van der Waals surface area contributed by atoms with Gasteiger partial charge in [-0.2, -0.15) is 13.2 Å². The molecule has 1 nitrogen and oxygen atoms in total. The number of aliphatic hydroxyl groups excluding tert-OH is 1. The lowest BCUT2D eigenvalue weighted by Gasteiger charge is -2.12. The fourth-order valence-corrected chi connectivity index (χ4v) is 0.437. The van der Waals surface area contributed by atoms with Gasteiger partial charge in [0.15, 0.2) is 17.4 Å². The van der Waals surface area contributed by atoms with Crippen molar-refractivity contribution in [3.63, 3.8) is 0 Å². The van der Waals surface area contributed by atoms with E-state index in [4.69, 9.17) is 5.11 Å². The summed E-state index contributed by atoms with van der Waals surface area (Å²) in [5, 5.41) is 8.26. The van der Waals surface area contributed by atoms with E-state index in [1.807, 2.05) is 0 Å². The van der Waals surface area contributed by atoms with Crippen LogP contribution in [0.25, 0.3) is 0 Å². The van der Waals surface area contributed by atoms with Crippen LogP contribution in [-0.4, -0.2) is 34.7 Å². The van der Waals surface area contributed by atoms with E-state index in [2.05, 4.69) is 0 Å². The Labute approximate surface area is 68.4 Å². The quantitative estimate of drug-likeness (QED) is 0.602. The minimum Gasteiger partial charge on any atom is -0.384 e. The van der Waals surface area contributed by atoms with Gasteiger partial charge in [-0.15, -0.1) is 0 Å². The van der Waals surface area contributed by atoms with E-state index >= 15 is 0 Å². The minimum absolute atomic E-state index is 0. The standard InChI is InChI=1S/C5H9F3O.Al.3H/c1-2-3-4(9)5(6,7)8;;;;/h4,9H,2-3H2,1H3;;;;. The second-order valence-electron chi connectivity index (χ2n) is 1.85. The lowest BCUT2D eigenvalue weighted by molar-refractivity contribution is -0.205. The van der Waals surface area contributed by atoms with Gasteiger partial charge in [-0.3, -0.25) is 0 Å². The molecule has 10 heavy (non-hydrogen) atoms. The first kappa shape index (κ1) is 12.9. The lowest BCUT2D eigenvalue weighted by atomic mass is 10.2. The average Bonchev–Trinajstić information content (AvgIpc) is 1.64. The molecule has 0 aliphatic carbocycles. The Kier molecular flexibility index (Phi) is 6.46. The third-order valence-corrected chi connectivity index (χ3v) is 0.940. The van der Waals surface area contributed by atoms with Crippen LogP contribution < -0.4 is 0 Å². The summed E-state index contributed by atoms with van der Waals surface area (Å²) in [6, 6.07) is 0. The first-order valence-electron chi connectivity index (χ1n) is 2.73. The van der Waals surface area contributed by atoms with E-state index in [9.17, 15) is 13.2 Å². The molecule has 0 heterocycles. The van der Waals surface area contributed by atoms with Crippen molar-refractivity contribution >= 4 is 17.4 Å². The van der Waals surface area contributed by atoms with E-state index in [0.29, 0.717) is 6.42 Å². The van der Waals surface area contributed by atoms with E-state index in [0.717, 1.165) is 0 Å². The molecule has 0 spiro atoms. The number of hydrogen-bond donors (Lipinski definition) is 1. The van der Waals surface area contributed by atoms with E-state index in [1.54, 1.807) is 6.92 Å². The highest BCUT2D eigenvalue weighted by atomic mass is 27.0. The van der Waals surface area contributed by atoms with Crippen LogP contribution in [0.4, 0.5) is 13.2 Å². The summed E-state index contributed by atoms with van der Waals surface area (Å²) in [4.78, 5) is 0. The summed E-state index contributed by atoms with van der Waals surface area (Å²) in [7, 11) is 0. The molecular weight excluding hydrogens is 160 g/mol. The van der Waals surface area contributed by atoms with Gasteiger partial charge >= 0.3 is 6.18 Å². The molecule has 1 atom stereocenters. The van der Waals surface area contributed by atoms with Crippen LogP contribution in [0.3, 0.4) is 0 Å². The Balaban J connectivity index is 0. The number of hydrogen-bond acceptors (Lipinski definition) is 1. The maximum Gasteiger partial charge on any atom is 0.414 e. The van der Waals surface area contributed by atoms with Crippen LogP contribution in [0.2, 0.25) is 0 Å². The van der Waals surface area contributed by atoms with Crippen LogP contribution in [0, 0.1) is 0 Å². The minimum atomic E-state index is -4.43. The molecule has 0 aliphatic heterocycles. The van der Waals surface area contributed by atoms with Crippen molar-refractivity contribution < 1.29 is 18.3 Å². The fraction of sp³-hybridized carbons (Fsp3) is 1.00. The van der Waals surface area contributed by atoms with E-state index < -0.39 is 12.3 Å². The number of aliphatic hydroxyl groups is 1. The molecule has 0 saturated carbocycles. The highest BCUT2D eigenvalue weighted by Crippen LogP contribution is 2.22. The molecule has 1 unspecified atom stereocenters. The first-order valence-corrected chi connectivity index (χ1v) is 2.73. The topological polar surface area (TPSA) is 20.2 Å². The molecule has 0 bridgehead atoms. The van der Waals surface area contributed by atoms with Gasteiger partial charge in [-0.05, 0) is 6.42 Å². The molecule has 5 heteroatoms.